The Morgan fingerprint density at radius 1 is 1.27 bits per heavy atom. The van der Waals surface area contributed by atoms with Gasteiger partial charge in [-0.15, -0.1) is 6.42 Å². The maximum atomic E-state index is 12.8. The number of rotatable bonds is 5. The van der Waals surface area contributed by atoms with Crippen LogP contribution in [-0.2, 0) is 4.79 Å². The van der Waals surface area contributed by atoms with Gasteiger partial charge in [-0.25, -0.2) is 0 Å². The molecule has 2 aromatic rings. The van der Waals surface area contributed by atoms with Crippen molar-refractivity contribution in [3.05, 3.63) is 46.9 Å². The van der Waals surface area contributed by atoms with Crippen LogP contribution in [0, 0.1) is 12.3 Å². The molecule has 1 saturated heterocycles. The van der Waals surface area contributed by atoms with Gasteiger partial charge >= 0.3 is 0 Å². The fourth-order valence-corrected chi connectivity index (χ4v) is 3.93. The summed E-state index contributed by atoms with van der Waals surface area (Å²) in [6.45, 7) is 5.33. The molecular weight excluding hydrogens is 344 g/mol. The van der Waals surface area contributed by atoms with Gasteiger partial charge < -0.3 is 4.74 Å². The van der Waals surface area contributed by atoms with Crippen LogP contribution in [0.4, 0.5) is 0 Å². The molecule has 0 saturated carbocycles. The van der Waals surface area contributed by atoms with Crippen LogP contribution in [0.1, 0.15) is 19.4 Å². The van der Waals surface area contributed by atoms with Gasteiger partial charge in [-0.1, -0.05) is 36.3 Å². The highest BCUT2D eigenvalue weighted by Crippen LogP contribution is 2.36. The summed E-state index contributed by atoms with van der Waals surface area (Å²) >= 11 is 1.40. The van der Waals surface area contributed by atoms with E-state index in [1.807, 2.05) is 56.3 Å². The van der Waals surface area contributed by atoms with E-state index in [1.54, 1.807) is 4.90 Å². The van der Waals surface area contributed by atoms with Crippen molar-refractivity contribution in [2.45, 2.75) is 13.8 Å². The number of amides is 1. The Morgan fingerprint density at radius 2 is 2.08 bits per heavy atom. The predicted molar refractivity (Wildman–Crippen MR) is 109 cm³/mol. The Kier molecular flexibility index (Phi) is 5.65. The van der Waals surface area contributed by atoms with Crippen LogP contribution in [-0.4, -0.2) is 35.7 Å². The van der Waals surface area contributed by atoms with E-state index in [9.17, 15) is 4.79 Å². The first kappa shape index (κ1) is 18.1. The van der Waals surface area contributed by atoms with E-state index in [1.165, 1.54) is 11.8 Å². The number of likely N-dealkylation sites (N-methyl/N-ethyl adjacent to an activating group) is 1. The fourth-order valence-electron chi connectivity index (χ4n) is 2.84. The van der Waals surface area contributed by atoms with Crippen LogP contribution >= 0.6 is 11.8 Å². The maximum absolute atomic E-state index is 12.8. The molecule has 5 heteroatoms. The zero-order valence-corrected chi connectivity index (χ0v) is 15.7. The van der Waals surface area contributed by atoms with Crippen molar-refractivity contribution in [3.63, 3.8) is 0 Å². The molecule has 1 aliphatic heterocycles. The highest BCUT2D eigenvalue weighted by atomic mass is 32.2. The molecule has 0 spiro atoms. The number of carbonyl (C=O) groups excluding carboxylic acids is 1. The number of fused-ring (bicyclic) bond motifs is 1. The van der Waals surface area contributed by atoms with E-state index < -0.39 is 0 Å². The van der Waals surface area contributed by atoms with Crippen molar-refractivity contribution in [3.8, 4) is 18.1 Å². The van der Waals surface area contributed by atoms with Crippen LogP contribution in [0.2, 0.25) is 0 Å². The Labute approximate surface area is 157 Å². The number of carbonyl (C=O) groups is 1. The maximum Gasteiger partial charge on any atom is 0.266 e. The second-order valence-corrected chi connectivity index (χ2v) is 6.62. The highest BCUT2D eigenvalue weighted by Gasteiger charge is 2.32. The van der Waals surface area contributed by atoms with Crippen molar-refractivity contribution in [2.75, 3.05) is 19.7 Å². The minimum Gasteiger partial charge on any atom is -0.480 e. The molecule has 1 heterocycles. The van der Waals surface area contributed by atoms with Gasteiger partial charge in [0.1, 0.15) is 12.4 Å². The summed E-state index contributed by atoms with van der Waals surface area (Å²) in [6, 6.07) is 11.9. The second kappa shape index (κ2) is 8.11. The van der Waals surface area contributed by atoms with E-state index in [0.717, 1.165) is 21.5 Å². The SMILES string of the molecule is C#CCOc1ccc2ccccc2c1/C=C1/SC(=NCC)N(CC)C1=O. The summed E-state index contributed by atoms with van der Waals surface area (Å²) in [5, 5.41) is 2.85. The van der Waals surface area contributed by atoms with Gasteiger partial charge in [0.25, 0.3) is 5.91 Å². The van der Waals surface area contributed by atoms with E-state index in [2.05, 4.69) is 10.9 Å². The molecule has 0 radical (unpaired) electrons. The van der Waals surface area contributed by atoms with E-state index in [-0.39, 0.29) is 12.5 Å². The number of amidine groups is 1. The van der Waals surface area contributed by atoms with Crippen LogP contribution in [0.15, 0.2) is 46.3 Å². The summed E-state index contributed by atoms with van der Waals surface area (Å²) in [4.78, 5) is 19.6. The van der Waals surface area contributed by atoms with E-state index in [0.29, 0.717) is 23.7 Å². The topological polar surface area (TPSA) is 41.9 Å². The number of nitrogens with zero attached hydrogens (tertiary/aromatic N) is 2. The van der Waals surface area contributed by atoms with E-state index in [4.69, 9.17) is 11.2 Å². The normalized spacial score (nSPS) is 17.3. The Balaban J connectivity index is 2.12. The predicted octanol–water partition coefficient (Wildman–Crippen LogP) is 4.16. The molecule has 132 valence electrons. The first-order valence-electron chi connectivity index (χ1n) is 8.53. The average Bonchev–Trinajstić information content (AvgIpc) is 2.96. The van der Waals surface area contributed by atoms with Crippen LogP contribution in [0.5, 0.6) is 5.75 Å². The number of hydrogen-bond acceptors (Lipinski definition) is 4. The molecular formula is C21H20N2O2S. The van der Waals surface area contributed by atoms with Gasteiger partial charge in [-0.3, -0.25) is 14.7 Å². The van der Waals surface area contributed by atoms with Gasteiger partial charge in [0.05, 0.1) is 4.91 Å². The Bertz CT molecular complexity index is 941. The summed E-state index contributed by atoms with van der Waals surface area (Å²) in [5.74, 6) is 3.14. The number of hydrogen-bond donors (Lipinski definition) is 0. The van der Waals surface area contributed by atoms with Crippen molar-refractivity contribution in [2.24, 2.45) is 4.99 Å². The average molecular weight is 364 g/mol. The largest absolute Gasteiger partial charge is 0.480 e. The lowest BCUT2D eigenvalue weighted by atomic mass is 10.0. The second-order valence-electron chi connectivity index (χ2n) is 5.61. The first-order valence-corrected chi connectivity index (χ1v) is 9.35. The summed E-state index contributed by atoms with van der Waals surface area (Å²) < 4.78 is 5.72. The smallest absolute Gasteiger partial charge is 0.266 e. The molecule has 0 N–H and O–H groups in total. The van der Waals surface area contributed by atoms with Gasteiger partial charge in [-0.05, 0) is 48.5 Å². The molecule has 0 bridgehead atoms. The number of thioether (sulfide) groups is 1. The third-order valence-electron chi connectivity index (χ3n) is 4.01. The number of ether oxygens (including phenoxy) is 1. The van der Waals surface area contributed by atoms with Crippen LogP contribution in [0.3, 0.4) is 0 Å². The third-order valence-corrected chi connectivity index (χ3v) is 5.06. The lowest BCUT2D eigenvalue weighted by molar-refractivity contribution is -0.122. The zero-order valence-electron chi connectivity index (χ0n) is 14.9. The Hall–Kier alpha value is -2.71. The van der Waals surface area contributed by atoms with Crippen molar-refractivity contribution in [1.29, 1.82) is 0 Å². The van der Waals surface area contributed by atoms with Gasteiger partial charge in [0.15, 0.2) is 5.17 Å². The Morgan fingerprint density at radius 3 is 2.81 bits per heavy atom. The summed E-state index contributed by atoms with van der Waals surface area (Å²) in [5.41, 5.74) is 0.864. The lowest BCUT2D eigenvalue weighted by Crippen LogP contribution is -2.28. The van der Waals surface area contributed by atoms with Crippen molar-refractivity contribution in [1.82, 2.24) is 4.90 Å². The van der Waals surface area contributed by atoms with E-state index >= 15 is 0 Å². The quantitative estimate of drug-likeness (QED) is 0.591. The van der Waals surface area contributed by atoms with Gasteiger partial charge in [-0.2, -0.15) is 0 Å². The standard InChI is InChI=1S/C21H20N2O2S/c1-4-13-25-18-12-11-15-9-7-8-10-16(15)17(18)14-19-20(24)23(6-3)21(26-19)22-5-2/h1,7-12,14H,5-6,13H2,2-3H3/b19-14+,22-21?. The zero-order chi connectivity index (χ0) is 18.5. The number of terminal acetylenes is 1. The first-order chi connectivity index (χ1) is 12.7. The molecule has 0 aromatic heterocycles. The number of benzene rings is 2. The van der Waals surface area contributed by atoms with Crippen LogP contribution in [0.25, 0.3) is 16.8 Å². The molecule has 3 rings (SSSR count). The molecule has 1 amide bonds. The lowest BCUT2D eigenvalue weighted by Gasteiger charge is -2.12. The molecule has 0 unspecified atom stereocenters. The van der Waals surface area contributed by atoms with Crippen molar-refractivity contribution < 1.29 is 9.53 Å². The van der Waals surface area contributed by atoms with Crippen LogP contribution < -0.4 is 4.74 Å². The monoisotopic (exact) mass is 364 g/mol. The number of aliphatic imine (C=N–C) groups is 1. The van der Waals surface area contributed by atoms with Gasteiger partial charge in [0, 0.05) is 18.7 Å². The summed E-state index contributed by atoms with van der Waals surface area (Å²) in [7, 11) is 0. The summed E-state index contributed by atoms with van der Waals surface area (Å²) in [6.07, 6.45) is 7.23. The molecule has 26 heavy (non-hydrogen) atoms. The molecule has 0 aliphatic carbocycles. The fraction of sp³-hybridized carbons (Fsp3) is 0.238. The molecule has 2 aromatic carbocycles. The molecule has 0 atom stereocenters. The molecule has 1 fully saturated rings. The van der Waals surface area contributed by atoms with Gasteiger partial charge in [0.2, 0.25) is 0 Å². The third kappa shape index (κ3) is 3.47. The molecule has 1 aliphatic rings. The van der Waals surface area contributed by atoms with Crippen molar-refractivity contribution >= 4 is 39.7 Å². The minimum absolute atomic E-state index is 0.0273. The highest BCUT2D eigenvalue weighted by molar-refractivity contribution is 8.18. The molecule has 4 nitrogen and oxygen atoms in total. The minimum atomic E-state index is -0.0273.